The monoisotopic (exact) mass is 429 g/mol. The van der Waals surface area contributed by atoms with Gasteiger partial charge in [0, 0.05) is 58.9 Å². The van der Waals surface area contributed by atoms with Crippen LogP contribution in [0.3, 0.4) is 0 Å². The highest BCUT2D eigenvalue weighted by Crippen LogP contribution is 2.58. The zero-order valence-corrected chi connectivity index (χ0v) is 18.7. The third-order valence-corrected chi connectivity index (χ3v) is 6.44. The molecule has 0 aromatic heterocycles. The Hall–Kier alpha value is -3.51. The standard InChI is InChI=1S/C26H27N3O3/c1-5-27-21-13-23-19(11-15(21)3)26(18-10-8-7-9-17(18)25(30)29(26)31)20-12-16(4)22(28-6-2)14-24(20)32-23/h7-14,27-28,31H,5-6H2,1-4H3. The second kappa shape index (κ2) is 7.28. The number of rotatable bonds is 4. The molecular formula is C26H27N3O3. The number of hydrogen-bond donors (Lipinski definition) is 3. The summed E-state index contributed by atoms with van der Waals surface area (Å²) in [7, 11) is 0. The molecule has 6 nitrogen and oxygen atoms in total. The Balaban J connectivity index is 1.88. The first-order valence-electron chi connectivity index (χ1n) is 11.0. The molecule has 0 bridgehead atoms. The van der Waals surface area contributed by atoms with Crippen LogP contribution in [0.25, 0.3) is 0 Å². The van der Waals surface area contributed by atoms with Crippen LogP contribution >= 0.6 is 0 Å². The van der Waals surface area contributed by atoms with Gasteiger partial charge >= 0.3 is 0 Å². The lowest BCUT2D eigenvalue weighted by molar-refractivity contribution is -0.102. The van der Waals surface area contributed by atoms with Crippen molar-refractivity contribution in [3.05, 3.63) is 81.9 Å². The van der Waals surface area contributed by atoms with Crippen molar-refractivity contribution >= 4 is 17.3 Å². The summed E-state index contributed by atoms with van der Waals surface area (Å²) in [5.41, 5.74) is 5.53. The average molecular weight is 430 g/mol. The molecule has 2 aliphatic heterocycles. The summed E-state index contributed by atoms with van der Waals surface area (Å²) in [4.78, 5) is 13.2. The van der Waals surface area contributed by atoms with E-state index in [1.165, 1.54) is 0 Å². The number of hydroxylamine groups is 2. The van der Waals surface area contributed by atoms with Crippen LogP contribution in [-0.4, -0.2) is 29.3 Å². The highest BCUT2D eigenvalue weighted by atomic mass is 16.5. The van der Waals surface area contributed by atoms with Gasteiger partial charge in [0.05, 0.1) is 0 Å². The maximum Gasteiger partial charge on any atom is 0.279 e. The van der Waals surface area contributed by atoms with Crippen LogP contribution in [0.5, 0.6) is 11.5 Å². The molecule has 6 heteroatoms. The molecule has 0 radical (unpaired) electrons. The molecule has 2 heterocycles. The molecule has 0 atom stereocenters. The summed E-state index contributed by atoms with van der Waals surface area (Å²) in [6.07, 6.45) is 0. The Labute approximate surface area is 187 Å². The molecule has 0 saturated carbocycles. The Morgan fingerprint density at radius 1 is 0.875 bits per heavy atom. The Kier molecular flexibility index (Phi) is 4.64. The highest BCUT2D eigenvalue weighted by molar-refractivity contribution is 6.01. The van der Waals surface area contributed by atoms with Crippen molar-refractivity contribution in [2.45, 2.75) is 33.2 Å². The maximum atomic E-state index is 13.2. The lowest BCUT2D eigenvalue weighted by atomic mass is 9.74. The SMILES string of the molecule is CCNc1cc2c(cc1C)C1(c3cc(C)c(NCC)cc3O2)c2ccccc2C(=O)N1O. The van der Waals surface area contributed by atoms with Gasteiger partial charge in [-0.25, -0.2) is 5.06 Å². The summed E-state index contributed by atoms with van der Waals surface area (Å²) in [5, 5.41) is 19.0. The van der Waals surface area contributed by atoms with Gasteiger partial charge in [0.1, 0.15) is 11.5 Å². The molecule has 1 spiro atoms. The van der Waals surface area contributed by atoms with E-state index in [0.29, 0.717) is 17.1 Å². The van der Waals surface area contributed by atoms with E-state index < -0.39 is 11.4 Å². The fourth-order valence-electron chi connectivity index (χ4n) is 5.02. The van der Waals surface area contributed by atoms with E-state index in [9.17, 15) is 10.0 Å². The first kappa shape index (κ1) is 20.4. The van der Waals surface area contributed by atoms with Gasteiger partial charge in [-0.3, -0.25) is 10.0 Å². The quantitative estimate of drug-likeness (QED) is 0.484. The van der Waals surface area contributed by atoms with Gasteiger partial charge in [-0.2, -0.15) is 0 Å². The van der Waals surface area contributed by atoms with E-state index in [1.54, 1.807) is 6.07 Å². The predicted molar refractivity (Wildman–Crippen MR) is 125 cm³/mol. The van der Waals surface area contributed by atoms with Crippen molar-refractivity contribution in [2.24, 2.45) is 0 Å². The molecule has 5 rings (SSSR count). The van der Waals surface area contributed by atoms with E-state index in [0.717, 1.165) is 57.3 Å². The van der Waals surface area contributed by atoms with Crippen LogP contribution in [0.2, 0.25) is 0 Å². The number of nitrogens with zero attached hydrogens (tertiary/aromatic N) is 1. The van der Waals surface area contributed by atoms with Crippen LogP contribution in [0.1, 0.15) is 52.0 Å². The van der Waals surface area contributed by atoms with Crippen LogP contribution in [0.15, 0.2) is 48.5 Å². The molecule has 1 amide bonds. The second-order valence-electron chi connectivity index (χ2n) is 8.36. The predicted octanol–water partition coefficient (Wildman–Crippen LogP) is 5.41. The van der Waals surface area contributed by atoms with Crippen molar-refractivity contribution in [3.8, 4) is 11.5 Å². The number of aryl methyl sites for hydroxylation is 2. The van der Waals surface area contributed by atoms with Gasteiger partial charge in [-0.05, 0) is 57.0 Å². The summed E-state index contributed by atoms with van der Waals surface area (Å²) in [6, 6.07) is 15.4. The number of fused-ring (bicyclic) bond motifs is 6. The minimum Gasteiger partial charge on any atom is -0.456 e. The summed E-state index contributed by atoms with van der Waals surface area (Å²) >= 11 is 0. The van der Waals surface area contributed by atoms with E-state index in [2.05, 4.69) is 10.6 Å². The third-order valence-electron chi connectivity index (χ3n) is 6.44. The number of hydrogen-bond acceptors (Lipinski definition) is 5. The lowest BCUT2D eigenvalue weighted by Crippen LogP contribution is -2.45. The number of nitrogens with one attached hydrogen (secondary N) is 2. The fraction of sp³-hybridized carbons (Fsp3) is 0.269. The molecule has 3 aromatic carbocycles. The number of ether oxygens (including phenoxy) is 1. The molecule has 0 fully saturated rings. The smallest absolute Gasteiger partial charge is 0.279 e. The summed E-state index contributed by atoms with van der Waals surface area (Å²) in [5.74, 6) is 0.823. The normalized spacial score (nSPS) is 15.2. The van der Waals surface area contributed by atoms with Crippen molar-refractivity contribution < 1.29 is 14.7 Å². The molecule has 0 unspecified atom stereocenters. The zero-order chi connectivity index (χ0) is 22.6. The Morgan fingerprint density at radius 2 is 1.41 bits per heavy atom. The average Bonchev–Trinajstić information content (AvgIpc) is 3.00. The molecule has 2 aliphatic rings. The van der Waals surface area contributed by atoms with Gasteiger partial charge in [-0.1, -0.05) is 18.2 Å². The molecule has 164 valence electrons. The van der Waals surface area contributed by atoms with Gasteiger partial charge < -0.3 is 15.4 Å². The number of carbonyl (C=O) groups excluding carboxylic acids is 1. The Morgan fingerprint density at radius 3 is 1.94 bits per heavy atom. The van der Waals surface area contributed by atoms with Crippen LogP contribution in [0.4, 0.5) is 11.4 Å². The lowest BCUT2D eigenvalue weighted by Gasteiger charge is -2.41. The first-order valence-corrected chi connectivity index (χ1v) is 11.0. The van der Waals surface area contributed by atoms with E-state index in [-0.39, 0.29) is 0 Å². The number of anilines is 2. The third kappa shape index (κ3) is 2.59. The first-order chi connectivity index (χ1) is 15.4. The highest BCUT2D eigenvalue weighted by Gasteiger charge is 2.56. The van der Waals surface area contributed by atoms with E-state index in [4.69, 9.17) is 4.74 Å². The van der Waals surface area contributed by atoms with Crippen molar-refractivity contribution in [1.29, 1.82) is 0 Å². The molecular weight excluding hydrogens is 402 g/mol. The van der Waals surface area contributed by atoms with Crippen molar-refractivity contribution in [2.75, 3.05) is 23.7 Å². The minimum absolute atomic E-state index is 0.416. The summed E-state index contributed by atoms with van der Waals surface area (Å²) < 4.78 is 6.42. The molecule has 3 N–H and O–H groups in total. The van der Waals surface area contributed by atoms with Crippen LogP contribution in [0, 0.1) is 13.8 Å². The van der Waals surface area contributed by atoms with Crippen molar-refractivity contribution in [1.82, 2.24) is 5.06 Å². The van der Waals surface area contributed by atoms with Crippen molar-refractivity contribution in [3.63, 3.8) is 0 Å². The number of amides is 1. The van der Waals surface area contributed by atoms with Crippen LogP contribution in [-0.2, 0) is 5.54 Å². The second-order valence-corrected chi connectivity index (χ2v) is 8.36. The summed E-state index contributed by atoms with van der Waals surface area (Å²) in [6.45, 7) is 9.68. The molecule has 3 aromatic rings. The van der Waals surface area contributed by atoms with Gasteiger partial charge in [0.25, 0.3) is 5.91 Å². The van der Waals surface area contributed by atoms with E-state index >= 15 is 0 Å². The topological polar surface area (TPSA) is 73.8 Å². The van der Waals surface area contributed by atoms with Gasteiger partial charge in [0.15, 0.2) is 5.54 Å². The number of carbonyl (C=O) groups is 1. The molecule has 32 heavy (non-hydrogen) atoms. The molecule has 0 aliphatic carbocycles. The molecule has 0 saturated heterocycles. The van der Waals surface area contributed by atoms with E-state index in [1.807, 2.05) is 70.2 Å². The van der Waals surface area contributed by atoms with Gasteiger partial charge in [0.2, 0.25) is 0 Å². The Bertz CT molecular complexity index is 1190. The zero-order valence-electron chi connectivity index (χ0n) is 18.7. The maximum absolute atomic E-state index is 13.2. The van der Waals surface area contributed by atoms with Crippen LogP contribution < -0.4 is 15.4 Å². The van der Waals surface area contributed by atoms with Gasteiger partial charge in [-0.15, -0.1) is 0 Å². The minimum atomic E-state index is -1.18. The number of benzene rings is 3. The largest absolute Gasteiger partial charge is 0.456 e. The fourth-order valence-corrected chi connectivity index (χ4v) is 5.02.